The number of aryl methyl sites for hydroxylation is 1. The maximum absolute atomic E-state index is 11.8. The number of ether oxygens (including phenoxy) is 1. The van der Waals surface area contributed by atoms with Crippen LogP contribution in [0.25, 0.3) is 0 Å². The number of benzene rings is 1. The van der Waals surface area contributed by atoms with Gasteiger partial charge in [-0.25, -0.2) is 0 Å². The largest absolute Gasteiger partial charge is 0.464 e. The van der Waals surface area contributed by atoms with Crippen LogP contribution in [0, 0.1) is 17.6 Å². The summed E-state index contributed by atoms with van der Waals surface area (Å²) in [5, 5.41) is 10.2. The minimum atomic E-state index is -0.501. The van der Waals surface area contributed by atoms with Crippen LogP contribution in [-0.2, 0) is 16.0 Å². The molecular weight excluding hydrogens is 270 g/mol. The number of thiocyanates is 1. The molecule has 0 aliphatic heterocycles. The molecule has 0 saturated heterocycles. The molecule has 0 spiro atoms. The van der Waals surface area contributed by atoms with Crippen molar-refractivity contribution in [2.75, 3.05) is 12.5 Å². The van der Waals surface area contributed by atoms with Gasteiger partial charge in [-0.3, -0.25) is 4.79 Å². The van der Waals surface area contributed by atoms with Gasteiger partial charge in [0.15, 0.2) is 0 Å². The van der Waals surface area contributed by atoms with Crippen molar-refractivity contribution in [2.45, 2.75) is 18.6 Å². The van der Waals surface area contributed by atoms with E-state index in [1.807, 2.05) is 36.6 Å². The van der Waals surface area contributed by atoms with E-state index in [4.69, 9.17) is 21.6 Å². The fraction of sp³-hybridized carbons (Fsp3) is 0.385. The quantitative estimate of drug-likeness (QED) is 0.458. The molecule has 3 nitrogen and oxygen atoms in total. The summed E-state index contributed by atoms with van der Waals surface area (Å²) in [4.78, 5) is 11.8. The Kier molecular flexibility index (Phi) is 6.63. The van der Waals surface area contributed by atoms with Gasteiger partial charge < -0.3 is 4.74 Å². The molecule has 0 saturated carbocycles. The summed E-state index contributed by atoms with van der Waals surface area (Å²) < 4.78 is 4.98. The third-order valence-corrected chi connectivity index (χ3v) is 3.35. The summed E-state index contributed by atoms with van der Waals surface area (Å²) in [6, 6.07) is 7.79. The Labute approximate surface area is 116 Å². The van der Waals surface area contributed by atoms with E-state index >= 15 is 0 Å². The Morgan fingerprint density at radius 1 is 1.56 bits per heavy atom. The first-order chi connectivity index (χ1) is 8.69. The van der Waals surface area contributed by atoms with Crippen molar-refractivity contribution in [3.63, 3.8) is 0 Å². The van der Waals surface area contributed by atoms with Gasteiger partial charge in [0.05, 0.1) is 5.88 Å². The van der Waals surface area contributed by atoms with Gasteiger partial charge in [0.2, 0.25) is 0 Å². The molecular formula is C13H14ClNO2S. The number of nitrogens with zero attached hydrogens (tertiary/aromatic N) is 1. The number of rotatable bonds is 6. The Balaban J connectivity index is 2.72. The highest BCUT2D eigenvalue weighted by molar-refractivity contribution is 8.04. The van der Waals surface area contributed by atoms with Crippen LogP contribution in [0.5, 0.6) is 0 Å². The first-order valence-corrected chi connectivity index (χ1v) is 6.92. The number of carbonyl (C=O) groups is 1. The smallest absolute Gasteiger partial charge is 0.320 e. The van der Waals surface area contributed by atoms with Gasteiger partial charge in [-0.15, -0.1) is 11.6 Å². The molecule has 0 radical (unpaired) electrons. The topological polar surface area (TPSA) is 50.1 Å². The van der Waals surface area contributed by atoms with Crippen LogP contribution in [0.2, 0.25) is 0 Å². The summed E-state index contributed by atoms with van der Waals surface area (Å²) in [6.07, 6.45) is 0.492. The molecule has 0 heterocycles. The lowest BCUT2D eigenvalue weighted by Crippen LogP contribution is -2.23. The molecule has 0 N–H and O–H groups in total. The number of halogens is 1. The highest BCUT2D eigenvalue weighted by Crippen LogP contribution is 2.19. The summed E-state index contributed by atoms with van der Waals surface area (Å²) in [5.74, 6) is -0.120. The lowest BCUT2D eigenvalue weighted by atomic mass is 10.0. The predicted octanol–water partition coefficient (Wildman–Crippen LogP) is 2.90. The molecule has 0 aliphatic carbocycles. The van der Waals surface area contributed by atoms with Crippen molar-refractivity contribution < 1.29 is 9.53 Å². The van der Waals surface area contributed by atoms with Gasteiger partial charge >= 0.3 is 5.97 Å². The molecule has 1 unspecified atom stereocenters. The second-order valence-electron chi connectivity index (χ2n) is 3.68. The van der Waals surface area contributed by atoms with E-state index in [0.717, 1.165) is 22.9 Å². The number of hydrogen-bond acceptors (Lipinski definition) is 4. The molecule has 1 rings (SSSR count). The van der Waals surface area contributed by atoms with Crippen LogP contribution in [-0.4, -0.2) is 23.7 Å². The van der Waals surface area contributed by atoms with Crippen molar-refractivity contribution in [3.8, 4) is 5.40 Å². The van der Waals surface area contributed by atoms with Crippen molar-refractivity contribution in [3.05, 3.63) is 35.4 Å². The molecule has 0 aliphatic rings. The van der Waals surface area contributed by atoms with Crippen LogP contribution in [0.4, 0.5) is 0 Å². The zero-order chi connectivity index (χ0) is 13.4. The van der Waals surface area contributed by atoms with Gasteiger partial charge in [0.1, 0.15) is 17.3 Å². The van der Waals surface area contributed by atoms with Crippen LogP contribution in [0.3, 0.4) is 0 Å². The Bertz CT molecular complexity index is 445. The highest BCUT2D eigenvalue weighted by Gasteiger charge is 2.21. The molecule has 0 fully saturated rings. The third-order valence-electron chi connectivity index (χ3n) is 2.45. The Hall–Kier alpha value is -1.18. The lowest BCUT2D eigenvalue weighted by molar-refractivity contribution is -0.142. The van der Waals surface area contributed by atoms with Gasteiger partial charge in [0.25, 0.3) is 0 Å². The molecule has 5 heteroatoms. The van der Waals surface area contributed by atoms with Crippen LogP contribution < -0.4 is 0 Å². The van der Waals surface area contributed by atoms with Crippen molar-refractivity contribution in [1.82, 2.24) is 0 Å². The minimum Gasteiger partial charge on any atom is -0.464 e. The standard InChI is InChI=1S/C13H14ClNO2S/c1-10-4-2-3-5-11(10)8-12(18-9-15)13(16)17-7-6-14/h2-5,12H,6-8H2,1H3. The Morgan fingerprint density at radius 3 is 2.89 bits per heavy atom. The predicted molar refractivity (Wildman–Crippen MR) is 73.6 cm³/mol. The van der Waals surface area contributed by atoms with E-state index < -0.39 is 5.25 Å². The average molecular weight is 284 g/mol. The summed E-state index contributed by atoms with van der Waals surface area (Å²) >= 11 is 6.39. The third kappa shape index (κ3) is 4.59. The number of alkyl halides is 1. The normalized spacial score (nSPS) is 11.6. The van der Waals surface area contributed by atoms with E-state index in [2.05, 4.69) is 0 Å². The average Bonchev–Trinajstić information content (AvgIpc) is 2.38. The van der Waals surface area contributed by atoms with E-state index in [1.165, 1.54) is 0 Å². The Morgan fingerprint density at radius 2 is 2.28 bits per heavy atom. The number of nitriles is 1. The molecule has 18 heavy (non-hydrogen) atoms. The van der Waals surface area contributed by atoms with Crippen molar-refractivity contribution >= 4 is 29.3 Å². The first-order valence-electron chi connectivity index (χ1n) is 5.51. The minimum absolute atomic E-state index is 0.177. The monoisotopic (exact) mass is 283 g/mol. The summed E-state index contributed by atoms with van der Waals surface area (Å²) in [7, 11) is 0. The molecule has 0 bridgehead atoms. The molecule has 0 aromatic heterocycles. The molecule has 96 valence electrons. The maximum atomic E-state index is 11.8. The van der Waals surface area contributed by atoms with E-state index in [9.17, 15) is 4.79 Å². The number of esters is 1. The zero-order valence-electron chi connectivity index (χ0n) is 10.1. The van der Waals surface area contributed by atoms with Gasteiger partial charge in [-0.1, -0.05) is 24.3 Å². The summed E-state index contributed by atoms with van der Waals surface area (Å²) in [6.45, 7) is 2.16. The van der Waals surface area contributed by atoms with Gasteiger partial charge in [-0.05, 0) is 36.2 Å². The van der Waals surface area contributed by atoms with E-state index in [-0.39, 0.29) is 18.5 Å². The summed E-state index contributed by atoms with van der Waals surface area (Å²) in [5.41, 5.74) is 2.15. The van der Waals surface area contributed by atoms with Crippen molar-refractivity contribution in [1.29, 1.82) is 5.26 Å². The number of hydrogen-bond donors (Lipinski definition) is 0. The number of thioether (sulfide) groups is 1. The molecule has 1 aromatic rings. The zero-order valence-corrected chi connectivity index (χ0v) is 11.6. The molecule has 1 atom stereocenters. The van der Waals surface area contributed by atoms with Gasteiger partial charge in [0, 0.05) is 0 Å². The van der Waals surface area contributed by atoms with Gasteiger partial charge in [-0.2, -0.15) is 5.26 Å². The fourth-order valence-corrected chi connectivity index (χ4v) is 2.14. The SMILES string of the molecule is Cc1ccccc1CC(SC#N)C(=O)OCCCl. The second kappa shape index (κ2) is 8.02. The second-order valence-corrected chi connectivity index (χ2v) is 5.05. The van der Waals surface area contributed by atoms with Crippen LogP contribution >= 0.6 is 23.4 Å². The molecule has 1 aromatic carbocycles. The maximum Gasteiger partial charge on any atom is 0.320 e. The first kappa shape index (κ1) is 14.9. The van der Waals surface area contributed by atoms with Crippen LogP contribution in [0.15, 0.2) is 24.3 Å². The highest BCUT2D eigenvalue weighted by atomic mass is 35.5. The lowest BCUT2D eigenvalue weighted by Gasteiger charge is -2.13. The van der Waals surface area contributed by atoms with E-state index in [0.29, 0.717) is 6.42 Å². The fourth-order valence-electron chi connectivity index (χ4n) is 1.51. The number of carbonyl (C=O) groups excluding carboxylic acids is 1. The van der Waals surface area contributed by atoms with E-state index in [1.54, 1.807) is 0 Å². The van der Waals surface area contributed by atoms with Crippen molar-refractivity contribution in [2.24, 2.45) is 0 Å². The van der Waals surface area contributed by atoms with Crippen LogP contribution in [0.1, 0.15) is 11.1 Å². The molecule has 0 amide bonds.